The third kappa shape index (κ3) is 3.73. The minimum Gasteiger partial charge on any atom is -0.382 e. The molecule has 2 aliphatic heterocycles. The average molecular weight is 499 g/mol. The van der Waals surface area contributed by atoms with Crippen LogP contribution in [0.4, 0.5) is 26.3 Å². The van der Waals surface area contributed by atoms with E-state index < -0.39 is 44.7 Å². The van der Waals surface area contributed by atoms with Crippen molar-refractivity contribution in [1.82, 2.24) is 10.8 Å². The highest BCUT2D eigenvalue weighted by Gasteiger charge is 2.60. The molecule has 0 saturated carbocycles. The van der Waals surface area contributed by atoms with Crippen molar-refractivity contribution in [3.8, 4) is 0 Å². The topological polar surface area (TPSA) is 53.5 Å². The summed E-state index contributed by atoms with van der Waals surface area (Å²) in [5.74, 6) is 0. The monoisotopic (exact) mass is 498 g/mol. The quantitative estimate of drug-likeness (QED) is 0.513. The minimum absolute atomic E-state index is 0.118. The Morgan fingerprint density at radius 1 is 0.938 bits per heavy atom. The summed E-state index contributed by atoms with van der Waals surface area (Å²) in [6.07, 6.45) is -9.54. The summed E-state index contributed by atoms with van der Waals surface area (Å²) >= 11 is 11.3. The van der Waals surface area contributed by atoms with E-state index in [1.165, 1.54) is 12.1 Å². The van der Waals surface area contributed by atoms with E-state index in [1.54, 1.807) is 12.1 Å². The Hall–Kier alpha value is -1.98. The summed E-state index contributed by atoms with van der Waals surface area (Å²) in [4.78, 5) is 4.85. The van der Waals surface area contributed by atoms with Gasteiger partial charge in [-0.3, -0.25) is 10.3 Å². The van der Waals surface area contributed by atoms with Crippen LogP contribution in [0.2, 0.25) is 10.0 Å². The van der Waals surface area contributed by atoms with Gasteiger partial charge in [0.1, 0.15) is 5.60 Å². The lowest BCUT2D eigenvalue weighted by atomic mass is 9.87. The normalized spacial score (nSPS) is 22.8. The molecule has 0 bridgehead atoms. The van der Waals surface area contributed by atoms with Gasteiger partial charge in [0.05, 0.1) is 21.3 Å². The fraction of sp³-hybridized carbons (Fsp3) is 0.300. The van der Waals surface area contributed by atoms with E-state index in [4.69, 9.17) is 28.0 Å². The SMILES string of the molecule is OC1(c2ccc(C3=CC(c4cc(Cl)c(Cl)c(C(F)(F)F)c4)(C(F)(F)F)ON3)cc2)CNC1. The minimum atomic E-state index is -5.14. The lowest BCUT2D eigenvalue weighted by Crippen LogP contribution is -2.56. The lowest BCUT2D eigenvalue weighted by molar-refractivity contribution is -0.269. The Morgan fingerprint density at radius 3 is 2.06 bits per heavy atom. The number of β-amino-alcohol motifs (C(OH)–C–C–N with tert-alkyl or cyclic N) is 1. The lowest BCUT2D eigenvalue weighted by Gasteiger charge is -2.38. The first-order valence-corrected chi connectivity index (χ1v) is 9.87. The van der Waals surface area contributed by atoms with Crippen LogP contribution in [0.25, 0.3) is 5.70 Å². The van der Waals surface area contributed by atoms with Crippen LogP contribution in [-0.4, -0.2) is 24.4 Å². The fourth-order valence-corrected chi connectivity index (χ4v) is 3.96. The molecule has 0 amide bonds. The molecule has 0 radical (unpaired) electrons. The van der Waals surface area contributed by atoms with Crippen LogP contribution in [0.15, 0.2) is 42.5 Å². The second-order valence-electron chi connectivity index (χ2n) is 7.53. The number of rotatable bonds is 3. The molecule has 0 aromatic heterocycles. The molecule has 4 rings (SSSR count). The molecule has 1 fully saturated rings. The molecule has 32 heavy (non-hydrogen) atoms. The Bertz CT molecular complexity index is 1080. The smallest absolute Gasteiger partial charge is 0.382 e. The molecule has 1 atom stereocenters. The van der Waals surface area contributed by atoms with Gasteiger partial charge in [0.15, 0.2) is 0 Å². The van der Waals surface area contributed by atoms with Gasteiger partial charge in [-0.05, 0) is 29.3 Å². The fourth-order valence-electron chi connectivity index (χ4n) is 3.52. The first-order chi connectivity index (χ1) is 14.8. The number of alkyl halides is 6. The van der Waals surface area contributed by atoms with Gasteiger partial charge in [-0.25, -0.2) is 0 Å². The van der Waals surface area contributed by atoms with E-state index in [0.29, 0.717) is 30.8 Å². The molecule has 2 heterocycles. The predicted molar refractivity (Wildman–Crippen MR) is 105 cm³/mol. The zero-order valence-electron chi connectivity index (χ0n) is 15.8. The summed E-state index contributed by atoms with van der Waals surface area (Å²) in [6.45, 7) is 0.679. The van der Waals surface area contributed by atoms with Crippen LogP contribution in [0.1, 0.15) is 22.3 Å². The van der Waals surface area contributed by atoms with Crippen molar-refractivity contribution in [2.75, 3.05) is 13.1 Å². The van der Waals surface area contributed by atoms with Crippen molar-refractivity contribution in [1.29, 1.82) is 0 Å². The Balaban J connectivity index is 1.78. The Kier molecular flexibility index (Phi) is 5.45. The van der Waals surface area contributed by atoms with Crippen LogP contribution in [0, 0.1) is 0 Å². The van der Waals surface area contributed by atoms with Crippen LogP contribution in [-0.2, 0) is 22.2 Å². The molecule has 2 aromatic carbocycles. The average Bonchev–Trinajstić information content (AvgIpc) is 3.14. The molecule has 1 unspecified atom stereocenters. The second-order valence-corrected chi connectivity index (χ2v) is 8.31. The summed E-state index contributed by atoms with van der Waals surface area (Å²) < 4.78 is 82.3. The number of hydrogen-bond donors (Lipinski definition) is 3. The van der Waals surface area contributed by atoms with E-state index >= 15 is 0 Å². The van der Waals surface area contributed by atoms with E-state index in [0.717, 1.165) is 0 Å². The molecule has 2 aliphatic rings. The number of halogens is 8. The summed E-state index contributed by atoms with van der Waals surface area (Å²) in [5.41, 5.74) is -3.83. The van der Waals surface area contributed by atoms with Crippen LogP contribution in [0.3, 0.4) is 0 Å². The Morgan fingerprint density at radius 2 is 1.56 bits per heavy atom. The number of hydroxylamine groups is 1. The molecule has 2 aromatic rings. The summed E-state index contributed by atoms with van der Waals surface area (Å²) in [5, 5.41) is 11.6. The van der Waals surface area contributed by atoms with Crippen LogP contribution < -0.4 is 10.8 Å². The van der Waals surface area contributed by atoms with Gasteiger partial charge in [-0.2, -0.15) is 26.3 Å². The van der Waals surface area contributed by atoms with Crippen LogP contribution >= 0.6 is 23.2 Å². The van der Waals surface area contributed by atoms with Crippen molar-refractivity contribution >= 4 is 28.9 Å². The van der Waals surface area contributed by atoms with Crippen molar-refractivity contribution in [3.05, 3.63) is 74.8 Å². The Labute approximate surface area is 187 Å². The number of benzene rings is 2. The zero-order valence-corrected chi connectivity index (χ0v) is 17.3. The van der Waals surface area contributed by atoms with Gasteiger partial charge in [0, 0.05) is 18.7 Å². The maximum atomic E-state index is 14.1. The highest BCUT2D eigenvalue weighted by atomic mass is 35.5. The molecular weight excluding hydrogens is 485 g/mol. The molecule has 12 heteroatoms. The molecule has 4 nitrogen and oxygen atoms in total. The van der Waals surface area contributed by atoms with E-state index in [2.05, 4.69) is 10.8 Å². The van der Waals surface area contributed by atoms with Gasteiger partial charge in [0.2, 0.25) is 5.60 Å². The number of aliphatic hydroxyl groups is 1. The zero-order chi connectivity index (χ0) is 23.5. The molecule has 0 spiro atoms. The van der Waals surface area contributed by atoms with Crippen molar-refractivity contribution in [3.63, 3.8) is 0 Å². The molecule has 172 valence electrons. The highest BCUT2D eigenvalue weighted by Crippen LogP contribution is 2.50. The maximum Gasteiger partial charge on any atom is 0.428 e. The van der Waals surface area contributed by atoms with Crippen molar-refractivity contribution < 1.29 is 36.3 Å². The largest absolute Gasteiger partial charge is 0.428 e. The number of nitrogens with one attached hydrogen (secondary N) is 2. The third-order valence-electron chi connectivity index (χ3n) is 5.42. The standard InChI is InChI=1S/C20H14Cl2F6N2O2/c21-14-6-12(5-13(16(14)22)19(23,24)25)18(20(26,27)28)7-15(30-32-18)10-1-3-11(4-2-10)17(31)8-29-9-17/h1-7,29-31H,8-9H2. The third-order valence-corrected chi connectivity index (χ3v) is 6.22. The summed E-state index contributed by atoms with van der Waals surface area (Å²) in [6, 6.07) is 6.99. The number of hydrogen-bond acceptors (Lipinski definition) is 4. The molecular formula is C20H14Cl2F6N2O2. The van der Waals surface area contributed by atoms with E-state index in [-0.39, 0.29) is 17.3 Å². The van der Waals surface area contributed by atoms with Gasteiger partial charge in [0.25, 0.3) is 0 Å². The van der Waals surface area contributed by atoms with Gasteiger partial charge in [-0.1, -0.05) is 47.5 Å². The first kappa shape index (κ1) is 23.2. The van der Waals surface area contributed by atoms with Gasteiger partial charge in [-0.15, -0.1) is 0 Å². The van der Waals surface area contributed by atoms with Crippen molar-refractivity contribution in [2.24, 2.45) is 0 Å². The first-order valence-electron chi connectivity index (χ1n) is 9.11. The second kappa shape index (κ2) is 7.53. The van der Waals surface area contributed by atoms with E-state index in [1.807, 2.05) is 0 Å². The van der Waals surface area contributed by atoms with E-state index in [9.17, 15) is 31.4 Å². The molecule has 3 N–H and O–H groups in total. The van der Waals surface area contributed by atoms with Gasteiger partial charge >= 0.3 is 12.4 Å². The highest BCUT2D eigenvalue weighted by molar-refractivity contribution is 6.42. The molecule has 1 saturated heterocycles. The predicted octanol–water partition coefficient (Wildman–Crippen LogP) is 5.14. The summed E-state index contributed by atoms with van der Waals surface area (Å²) in [7, 11) is 0. The van der Waals surface area contributed by atoms with Crippen LogP contribution in [0.5, 0.6) is 0 Å². The molecule has 0 aliphatic carbocycles. The maximum absolute atomic E-state index is 14.1. The van der Waals surface area contributed by atoms with Crippen molar-refractivity contribution in [2.45, 2.75) is 23.6 Å². The van der Waals surface area contributed by atoms with Gasteiger partial charge < -0.3 is 10.4 Å².